The van der Waals surface area contributed by atoms with E-state index in [2.05, 4.69) is 16.6 Å². The van der Waals surface area contributed by atoms with E-state index >= 15 is 0 Å². The van der Waals surface area contributed by atoms with E-state index in [4.69, 9.17) is 0 Å². The van der Waals surface area contributed by atoms with Gasteiger partial charge in [-0.2, -0.15) is 0 Å². The average molecular weight is 352 g/mol. The highest BCUT2D eigenvalue weighted by Gasteiger charge is 2.17. The number of hydrogen-bond donors (Lipinski definition) is 2. The van der Waals surface area contributed by atoms with Crippen LogP contribution in [0.3, 0.4) is 0 Å². The van der Waals surface area contributed by atoms with Crippen LogP contribution in [0.1, 0.15) is 10.4 Å². The summed E-state index contributed by atoms with van der Waals surface area (Å²) in [6.07, 6.45) is 1.37. The Morgan fingerprint density at radius 1 is 1.12 bits per heavy atom. The Labute approximate surface area is 138 Å². The number of rotatable bonds is 6. The van der Waals surface area contributed by atoms with Gasteiger partial charge in [0.25, 0.3) is 5.91 Å². The Hall–Kier alpha value is -2.58. The van der Waals surface area contributed by atoms with E-state index in [-0.39, 0.29) is 17.0 Å². The molecule has 0 fully saturated rings. The lowest BCUT2D eigenvalue weighted by Gasteiger charge is -2.09. The number of hydrogen-bond acceptors (Lipinski definition) is 3. The van der Waals surface area contributed by atoms with E-state index in [0.717, 1.165) is 18.2 Å². The lowest BCUT2D eigenvalue weighted by Crippen LogP contribution is -2.24. The average Bonchev–Trinajstić information content (AvgIpc) is 2.56. The van der Waals surface area contributed by atoms with E-state index in [0.29, 0.717) is 0 Å². The molecule has 0 bridgehead atoms. The van der Waals surface area contributed by atoms with E-state index in [9.17, 15) is 22.0 Å². The maximum Gasteiger partial charge on any atom is 0.255 e. The lowest BCUT2D eigenvalue weighted by atomic mass is 10.2. The summed E-state index contributed by atoms with van der Waals surface area (Å²) in [5.41, 5.74) is -0.653. The van der Waals surface area contributed by atoms with Crippen molar-refractivity contribution in [2.24, 2.45) is 0 Å². The molecule has 5 nitrogen and oxygen atoms in total. The second kappa shape index (κ2) is 7.33. The third-order valence-electron chi connectivity index (χ3n) is 3.03. The third kappa shape index (κ3) is 4.03. The van der Waals surface area contributed by atoms with Crippen molar-refractivity contribution in [3.8, 4) is 0 Å². The molecular formula is C16H14F2N2O3S. The van der Waals surface area contributed by atoms with Crippen molar-refractivity contribution < 1.29 is 22.0 Å². The Bertz CT molecular complexity index is 862. The number of carbonyl (C=O) groups excluding carboxylic acids is 1. The van der Waals surface area contributed by atoms with Crippen LogP contribution in [0, 0.1) is 11.6 Å². The quantitative estimate of drug-likeness (QED) is 0.785. The van der Waals surface area contributed by atoms with E-state index < -0.39 is 33.3 Å². The maximum atomic E-state index is 13.6. The molecule has 1 amide bonds. The van der Waals surface area contributed by atoms with Crippen molar-refractivity contribution in [2.45, 2.75) is 4.90 Å². The van der Waals surface area contributed by atoms with Crippen LogP contribution >= 0.6 is 0 Å². The molecule has 0 aliphatic carbocycles. The van der Waals surface area contributed by atoms with Gasteiger partial charge in [0.2, 0.25) is 10.0 Å². The first-order valence-electron chi connectivity index (χ1n) is 6.81. The van der Waals surface area contributed by atoms with Crippen molar-refractivity contribution in [2.75, 3.05) is 11.9 Å². The van der Waals surface area contributed by atoms with Gasteiger partial charge in [-0.3, -0.25) is 4.79 Å². The Morgan fingerprint density at radius 2 is 1.75 bits per heavy atom. The van der Waals surface area contributed by atoms with Gasteiger partial charge in [-0.1, -0.05) is 18.2 Å². The minimum Gasteiger partial charge on any atom is -0.317 e. The number of anilines is 1. The van der Waals surface area contributed by atoms with Crippen LogP contribution in [0.2, 0.25) is 0 Å². The van der Waals surface area contributed by atoms with Gasteiger partial charge in [-0.25, -0.2) is 21.9 Å². The van der Waals surface area contributed by atoms with Gasteiger partial charge in [-0.05, 0) is 30.3 Å². The Morgan fingerprint density at radius 3 is 2.38 bits per heavy atom. The molecule has 0 spiro atoms. The van der Waals surface area contributed by atoms with E-state index in [1.54, 1.807) is 0 Å². The van der Waals surface area contributed by atoms with Crippen molar-refractivity contribution in [3.05, 3.63) is 72.3 Å². The highest BCUT2D eigenvalue weighted by atomic mass is 32.2. The summed E-state index contributed by atoms with van der Waals surface area (Å²) in [6.45, 7) is 3.43. The third-order valence-corrected chi connectivity index (χ3v) is 4.45. The zero-order valence-electron chi connectivity index (χ0n) is 12.4. The first kappa shape index (κ1) is 17.8. The minimum absolute atomic E-state index is 0.0270. The summed E-state index contributed by atoms with van der Waals surface area (Å²) in [6, 6.07) is 8.26. The highest BCUT2D eigenvalue weighted by Crippen LogP contribution is 2.19. The van der Waals surface area contributed by atoms with Crippen molar-refractivity contribution in [1.29, 1.82) is 0 Å². The zero-order chi connectivity index (χ0) is 17.7. The number of sulfonamides is 1. The molecule has 0 heterocycles. The molecule has 2 aromatic rings. The molecule has 0 unspecified atom stereocenters. The Balaban J connectivity index is 2.28. The lowest BCUT2D eigenvalue weighted by molar-refractivity contribution is 0.102. The van der Waals surface area contributed by atoms with Gasteiger partial charge in [-0.15, -0.1) is 6.58 Å². The van der Waals surface area contributed by atoms with Crippen LogP contribution in [0.4, 0.5) is 14.5 Å². The molecule has 2 N–H and O–H groups in total. The largest absolute Gasteiger partial charge is 0.317 e. The van der Waals surface area contributed by atoms with Gasteiger partial charge in [0.15, 0.2) is 0 Å². The molecule has 0 radical (unpaired) electrons. The first-order chi connectivity index (χ1) is 11.3. The standard InChI is InChI=1S/C16H14F2N2O3S/c1-2-9-19-24(22,23)12-6-3-5-11(10-12)16(21)20-15-13(17)7-4-8-14(15)18/h2-8,10,19H,1,9H2,(H,20,21). The number of amides is 1. The van der Waals surface area contributed by atoms with Crippen LogP contribution in [-0.4, -0.2) is 20.9 Å². The number of para-hydroxylation sites is 1. The second-order valence-corrected chi connectivity index (χ2v) is 6.49. The number of benzene rings is 2. The van der Waals surface area contributed by atoms with E-state index in [1.807, 2.05) is 0 Å². The minimum atomic E-state index is -3.82. The van der Waals surface area contributed by atoms with Crippen LogP contribution < -0.4 is 10.0 Å². The number of carbonyl (C=O) groups is 1. The number of nitrogens with one attached hydrogen (secondary N) is 2. The summed E-state index contributed by atoms with van der Waals surface area (Å²) in [7, 11) is -3.82. The highest BCUT2D eigenvalue weighted by molar-refractivity contribution is 7.89. The summed E-state index contributed by atoms with van der Waals surface area (Å²) in [4.78, 5) is 12.0. The fourth-order valence-corrected chi connectivity index (χ4v) is 2.90. The normalized spacial score (nSPS) is 11.1. The van der Waals surface area contributed by atoms with E-state index in [1.165, 1.54) is 30.3 Å². The molecule has 0 aliphatic heterocycles. The molecule has 0 atom stereocenters. The molecule has 0 saturated carbocycles. The molecule has 8 heteroatoms. The van der Waals surface area contributed by atoms with Gasteiger partial charge >= 0.3 is 0 Å². The summed E-state index contributed by atoms with van der Waals surface area (Å²) in [5, 5.41) is 2.10. The molecular weight excluding hydrogens is 338 g/mol. The van der Waals surface area contributed by atoms with Crippen molar-refractivity contribution >= 4 is 21.6 Å². The summed E-state index contributed by atoms with van der Waals surface area (Å²) < 4.78 is 53.4. The first-order valence-corrected chi connectivity index (χ1v) is 8.29. The zero-order valence-corrected chi connectivity index (χ0v) is 13.2. The van der Waals surface area contributed by atoms with Crippen LogP contribution in [0.15, 0.2) is 60.0 Å². The maximum absolute atomic E-state index is 13.6. The fraction of sp³-hybridized carbons (Fsp3) is 0.0625. The Kier molecular flexibility index (Phi) is 5.42. The summed E-state index contributed by atoms with van der Waals surface area (Å²) in [5.74, 6) is -2.70. The van der Waals surface area contributed by atoms with Crippen LogP contribution in [0.25, 0.3) is 0 Å². The molecule has 0 saturated heterocycles. The van der Waals surface area contributed by atoms with Gasteiger partial charge in [0.1, 0.15) is 17.3 Å². The van der Waals surface area contributed by atoms with Gasteiger partial charge < -0.3 is 5.32 Å². The molecule has 0 aliphatic rings. The van der Waals surface area contributed by atoms with Crippen LogP contribution in [0.5, 0.6) is 0 Å². The van der Waals surface area contributed by atoms with Gasteiger partial charge in [0, 0.05) is 12.1 Å². The second-order valence-electron chi connectivity index (χ2n) is 4.72. The molecule has 0 aromatic heterocycles. The van der Waals surface area contributed by atoms with Gasteiger partial charge in [0.05, 0.1) is 4.90 Å². The smallest absolute Gasteiger partial charge is 0.255 e. The predicted octanol–water partition coefficient (Wildman–Crippen LogP) is 2.68. The number of halogens is 2. The molecule has 2 rings (SSSR count). The molecule has 2 aromatic carbocycles. The topological polar surface area (TPSA) is 75.3 Å². The SMILES string of the molecule is C=CCNS(=O)(=O)c1cccc(C(=O)Nc2c(F)cccc2F)c1. The molecule has 24 heavy (non-hydrogen) atoms. The van der Waals surface area contributed by atoms with Crippen LogP contribution in [-0.2, 0) is 10.0 Å². The monoisotopic (exact) mass is 352 g/mol. The molecule has 126 valence electrons. The summed E-state index contributed by atoms with van der Waals surface area (Å²) >= 11 is 0. The fourth-order valence-electron chi connectivity index (χ4n) is 1.86. The van der Waals surface area contributed by atoms with Crippen molar-refractivity contribution in [1.82, 2.24) is 4.72 Å². The van der Waals surface area contributed by atoms with Crippen molar-refractivity contribution in [3.63, 3.8) is 0 Å². The predicted molar refractivity (Wildman–Crippen MR) is 86.1 cm³/mol.